The molecule has 3 aromatic carbocycles. The van der Waals surface area contributed by atoms with Gasteiger partial charge in [0.25, 0.3) is 5.91 Å². The lowest BCUT2D eigenvalue weighted by Gasteiger charge is -2.37. The molecule has 0 unspecified atom stereocenters. The van der Waals surface area contributed by atoms with Crippen molar-refractivity contribution in [2.24, 2.45) is 5.92 Å². The molecule has 49 heavy (non-hydrogen) atoms. The van der Waals surface area contributed by atoms with Crippen LogP contribution in [-0.4, -0.2) is 67.5 Å². The highest BCUT2D eigenvalue weighted by Gasteiger charge is 2.67. The molecule has 0 aromatic heterocycles. The van der Waals surface area contributed by atoms with Crippen LogP contribution < -0.4 is 15.5 Å². The number of carbonyl (C=O) groups is 3. The summed E-state index contributed by atoms with van der Waals surface area (Å²) in [6.45, 7) is 6.35. The van der Waals surface area contributed by atoms with Gasteiger partial charge in [-0.05, 0) is 73.8 Å². The zero-order valence-electron chi connectivity index (χ0n) is 28.3. The average molecular weight is 685 g/mol. The van der Waals surface area contributed by atoms with E-state index < -0.39 is 37.6 Å². The standard InChI is InChI=1S/C38H45FN4O5Si/c1-24-35(49(2,3)39)33(20-34(45)42-22-27-13-8-7-12-26(27)18-29(42)23-44)48-38(24)30-19-28(41-36(46)31-14-9-17-40-31)15-16-32(30)43(37(38)47)21-25-10-5-4-6-11-25/h4-8,10-13,15-16,19,24,29,31,33,35,40,44H,9,14,17-18,20-23H2,1-3H3,(H,41,46)/t24-,29+,31-,33+,35-,38+/m1/s1. The van der Waals surface area contributed by atoms with E-state index >= 15 is 4.11 Å². The summed E-state index contributed by atoms with van der Waals surface area (Å²) in [5, 5.41) is 16.5. The Bertz CT molecular complexity index is 1750. The number of anilines is 2. The number of hydrogen-bond acceptors (Lipinski definition) is 6. The minimum atomic E-state index is -3.54. The zero-order valence-corrected chi connectivity index (χ0v) is 29.3. The number of halogens is 1. The fraction of sp³-hybridized carbons (Fsp3) is 0.447. The van der Waals surface area contributed by atoms with Gasteiger partial charge in [-0.3, -0.25) is 14.4 Å². The number of rotatable bonds is 8. The smallest absolute Gasteiger partial charge is 0.264 e. The highest BCUT2D eigenvalue weighted by atomic mass is 28.4. The molecule has 0 bridgehead atoms. The second-order valence-electron chi connectivity index (χ2n) is 14.6. The molecule has 9 nitrogen and oxygen atoms in total. The van der Waals surface area contributed by atoms with Gasteiger partial charge in [-0.15, -0.1) is 0 Å². The zero-order chi connectivity index (χ0) is 34.5. The monoisotopic (exact) mass is 684 g/mol. The Labute approximate surface area is 288 Å². The van der Waals surface area contributed by atoms with Crippen molar-refractivity contribution >= 4 is 37.5 Å². The molecular formula is C38H45FN4O5Si. The summed E-state index contributed by atoms with van der Waals surface area (Å²) in [6.07, 6.45) is 1.23. The number of benzene rings is 3. The second kappa shape index (κ2) is 13.1. The van der Waals surface area contributed by atoms with Gasteiger partial charge in [0, 0.05) is 29.3 Å². The molecule has 11 heteroatoms. The van der Waals surface area contributed by atoms with Crippen LogP contribution in [0.5, 0.6) is 0 Å². The molecule has 7 rings (SSSR count). The molecule has 4 heterocycles. The Hall–Kier alpha value is -3.90. The van der Waals surface area contributed by atoms with Crippen molar-refractivity contribution in [3.05, 3.63) is 95.1 Å². The molecule has 6 atom stereocenters. The Morgan fingerprint density at radius 1 is 1.08 bits per heavy atom. The van der Waals surface area contributed by atoms with Crippen LogP contribution in [0, 0.1) is 5.92 Å². The number of amides is 3. The summed E-state index contributed by atoms with van der Waals surface area (Å²) in [5.74, 6) is -1.26. The van der Waals surface area contributed by atoms with E-state index in [0.29, 0.717) is 29.9 Å². The molecule has 4 aliphatic rings. The first-order valence-corrected chi connectivity index (χ1v) is 20.3. The third-order valence-electron chi connectivity index (χ3n) is 11.1. The van der Waals surface area contributed by atoms with Crippen LogP contribution in [0.15, 0.2) is 72.8 Å². The maximum Gasteiger partial charge on any atom is 0.264 e. The lowest BCUT2D eigenvalue weighted by Crippen LogP contribution is -2.48. The molecule has 2 saturated heterocycles. The predicted octanol–water partition coefficient (Wildman–Crippen LogP) is 5.03. The topological polar surface area (TPSA) is 111 Å². The molecule has 3 amide bonds. The molecule has 4 aliphatic heterocycles. The molecule has 0 radical (unpaired) electrons. The quantitative estimate of drug-likeness (QED) is 0.227. The number of ether oxygens (including phenoxy) is 1. The number of nitrogens with one attached hydrogen (secondary N) is 2. The summed E-state index contributed by atoms with van der Waals surface area (Å²) < 4.78 is 23.4. The normalized spacial score (nSPS) is 27.8. The van der Waals surface area contributed by atoms with E-state index in [0.717, 1.165) is 36.1 Å². The van der Waals surface area contributed by atoms with Gasteiger partial charge in [-0.1, -0.05) is 61.5 Å². The van der Waals surface area contributed by atoms with Gasteiger partial charge < -0.3 is 34.4 Å². The van der Waals surface area contributed by atoms with Crippen molar-refractivity contribution in [1.29, 1.82) is 0 Å². The maximum atomic E-state index is 16.5. The van der Waals surface area contributed by atoms with Gasteiger partial charge >= 0.3 is 0 Å². The van der Waals surface area contributed by atoms with E-state index in [1.807, 2.05) is 67.6 Å². The highest BCUT2D eigenvalue weighted by Crippen LogP contribution is 2.60. The first-order chi connectivity index (χ1) is 23.5. The lowest BCUT2D eigenvalue weighted by atomic mass is 9.82. The van der Waals surface area contributed by atoms with E-state index in [2.05, 4.69) is 10.6 Å². The van der Waals surface area contributed by atoms with Crippen molar-refractivity contribution in [3.8, 4) is 0 Å². The fourth-order valence-electron chi connectivity index (χ4n) is 8.72. The Morgan fingerprint density at radius 2 is 1.82 bits per heavy atom. The minimum Gasteiger partial charge on any atom is -0.394 e. The van der Waals surface area contributed by atoms with Crippen LogP contribution in [0.2, 0.25) is 18.6 Å². The summed E-state index contributed by atoms with van der Waals surface area (Å²) in [5.41, 5.74) is 2.59. The highest BCUT2D eigenvalue weighted by molar-refractivity contribution is 6.72. The second-order valence-corrected chi connectivity index (χ2v) is 18.3. The molecule has 0 aliphatic carbocycles. The third kappa shape index (κ3) is 6.00. The van der Waals surface area contributed by atoms with Crippen molar-refractivity contribution in [2.45, 2.75) is 88.1 Å². The average Bonchev–Trinajstić information content (AvgIpc) is 3.78. The Morgan fingerprint density at radius 3 is 2.51 bits per heavy atom. The molecule has 3 N–H and O–H groups in total. The SMILES string of the molecule is C[C@@H]1[C@@H]([Si](C)(C)F)[C@H](CC(=O)N2Cc3ccccc3C[C@H]2CO)O[C@@]12C(=O)N(Cc1ccccc1)c1ccc(NC(=O)[C@H]3CCCN3)cc12. The third-order valence-corrected chi connectivity index (χ3v) is 13.5. The summed E-state index contributed by atoms with van der Waals surface area (Å²) in [6, 6.07) is 22.3. The van der Waals surface area contributed by atoms with Crippen LogP contribution in [0.1, 0.15) is 48.4 Å². The number of hydrogen-bond donors (Lipinski definition) is 3. The van der Waals surface area contributed by atoms with E-state index in [1.165, 1.54) is 0 Å². The van der Waals surface area contributed by atoms with Gasteiger partial charge in [0.05, 0.1) is 43.4 Å². The van der Waals surface area contributed by atoms with Crippen LogP contribution in [0.4, 0.5) is 15.5 Å². The number of fused-ring (bicyclic) bond motifs is 3. The van der Waals surface area contributed by atoms with E-state index in [-0.39, 0.29) is 43.3 Å². The molecule has 3 aromatic rings. The van der Waals surface area contributed by atoms with Gasteiger partial charge in [-0.25, -0.2) is 0 Å². The molecule has 1 spiro atoms. The lowest BCUT2D eigenvalue weighted by molar-refractivity contribution is -0.151. The maximum absolute atomic E-state index is 16.5. The number of nitrogens with zero attached hydrogens (tertiary/aromatic N) is 2. The number of carbonyl (C=O) groups excluding carboxylic acids is 3. The molecule has 258 valence electrons. The van der Waals surface area contributed by atoms with Crippen molar-refractivity contribution in [3.63, 3.8) is 0 Å². The van der Waals surface area contributed by atoms with Crippen molar-refractivity contribution in [2.75, 3.05) is 23.4 Å². The van der Waals surface area contributed by atoms with Crippen molar-refractivity contribution in [1.82, 2.24) is 10.2 Å². The summed E-state index contributed by atoms with van der Waals surface area (Å²) >= 11 is 0. The summed E-state index contributed by atoms with van der Waals surface area (Å²) in [4.78, 5) is 45.5. The van der Waals surface area contributed by atoms with Crippen LogP contribution in [-0.2, 0) is 44.2 Å². The van der Waals surface area contributed by atoms with E-state index in [1.54, 1.807) is 35.0 Å². The molecule has 2 fully saturated rings. The van der Waals surface area contributed by atoms with Crippen LogP contribution >= 0.6 is 0 Å². The number of aliphatic hydroxyl groups excluding tert-OH is 1. The Balaban J connectivity index is 1.25. The number of aliphatic hydroxyl groups is 1. The van der Waals surface area contributed by atoms with Gasteiger partial charge in [-0.2, -0.15) is 0 Å². The van der Waals surface area contributed by atoms with Gasteiger partial charge in [0.2, 0.25) is 20.2 Å². The molecule has 0 saturated carbocycles. The molecular weight excluding hydrogens is 640 g/mol. The van der Waals surface area contributed by atoms with E-state index in [4.69, 9.17) is 4.74 Å². The largest absolute Gasteiger partial charge is 0.394 e. The predicted molar refractivity (Wildman–Crippen MR) is 188 cm³/mol. The fourth-order valence-corrected chi connectivity index (χ4v) is 11.2. The summed E-state index contributed by atoms with van der Waals surface area (Å²) in [7, 11) is -3.54. The first-order valence-electron chi connectivity index (χ1n) is 17.4. The van der Waals surface area contributed by atoms with Crippen molar-refractivity contribution < 1.29 is 28.3 Å². The first kappa shape index (κ1) is 33.6. The van der Waals surface area contributed by atoms with Crippen LogP contribution in [0.25, 0.3) is 0 Å². The Kier molecular flexibility index (Phi) is 8.97. The van der Waals surface area contributed by atoms with Gasteiger partial charge in [0.1, 0.15) is 0 Å². The van der Waals surface area contributed by atoms with Crippen LogP contribution in [0.3, 0.4) is 0 Å². The minimum absolute atomic E-state index is 0.110. The van der Waals surface area contributed by atoms with Gasteiger partial charge in [0.15, 0.2) is 5.60 Å². The van der Waals surface area contributed by atoms with E-state index in [9.17, 15) is 19.5 Å².